The Labute approximate surface area is 76.1 Å². The zero-order valence-electron chi connectivity index (χ0n) is 9.05. The number of aromatic nitrogens is 2. The third kappa shape index (κ3) is 7.19. The Morgan fingerprint density at radius 1 is 0.833 bits per heavy atom. The van der Waals surface area contributed by atoms with Crippen molar-refractivity contribution in [2.45, 2.75) is 41.5 Å². The lowest BCUT2D eigenvalue weighted by atomic mass is 10.4. The third-order valence-corrected chi connectivity index (χ3v) is 0.910. The molecule has 0 aliphatic heterocycles. The van der Waals surface area contributed by atoms with Gasteiger partial charge in [0.05, 0.1) is 0 Å². The van der Waals surface area contributed by atoms with Crippen molar-refractivity contribution in [3.63, 3.8) is 0 Å². The summed E-state index contributed by atoms with van der Waals surface area (Å²) in [5, 5.41) is 0. The van der Waals surface area contributed by atoms with Crippen molar-refractivity contribution in [2.24, 2.45) is 0 Å². The van der Waals surface area contributed by atoms with Crippen molar-refractivity contribution in [1.29, 1.82) is 0 Å². The van der Waals surface area contributed by atoms with Crippen LogP contribution in [-0.2, 0) is 0 Å². The van der Waals surface area contributed by atoms with E-state index in [2.05, 4.69) is 9.97 Å². The lowest BCUT2D eigenvalue weighted by molar-refractivity contribution is 1.03. The van der Waals surface area contributed by atoms with Gasteiger partial charge in [-0.15, -0.1) is 0 Å². The molecule has 0 bridgehead atoms. The minimum Gasteiger partial charge on any atom is -0.241 e. The Kier molecular flexibility index (Phi) is 11.5. The molecular weight excluding hydrogens is 148 g/mol. The normalized spacial score (nSPS) is 7.17. The van der Waals surface area contributed by atoms with Gasteiger partial charge < -0.3 is 0 Å². The fourth-order valence-corrected chi connectivity index (χ4v) is 0.457. The van der Waals surface area contributed by atoms with Crippen molar-refractivity contribution in [1.82, 2.24) is 9.97 Å². The molecular formula is C10H20N2. The predicted molar refractivity (Wildman–Crippen MR) is 54.2 cm³/mol. The van der Waals surface area contributed by atoms with Crippen LogP contribution in [0.4, 0.5) is 0 Å². The van der Waals surface area contributed by atoms with E-state index in [0.717, 1.165) is 11.4 Å². The molecule has 0 amide bonds. The lowest BCUT2D eigenvalue weighted by Crippen LogP contribution is -1.84. The standard InChI is InChI=1S/C6H8N2.2C2H6/c1-5-3-7-6(2)8-4-5;2*1-2/h3-4H,1-2H3;2*1-2H3. The molecule has 0 aliphatic rings. The SMILES string of the molecule is CC.CC.Cc1cnc(C)nc1. The Morgan fingerprint density at radius 3 is 1.42 bits per heavy atom. The van der Waals surface area contributed by atoms with Crippen LogP contribution in [0.5, 0.6) is 0 Å². The molecule has 0 spiro atoms. The summed E-state index contributed by atoms with van der Waals surface area (Å²) >= 11 is 0. The van der Waals surface area contributed by atoms with Gasteiger partial charge in [-0.1, -0.05) is 27.7 Å². The fraction of sp³-hybridized carbons (Fsp3) is 0.600. The summed E-state index contributed by atoms with van der Waals surface area (Å²) in [7, 11) is 0. The largest absolute Gasteiger partial charge is 0.241 e. The number of nitrogens with zero attached hydrogens (tertiary/aromatic N) is 2. The molecule has 2 heteroatoms. The molecule has 0 aromatic carbocycles. The highest BCUT2D eigenvalue weighted by Crippen LogP contribution is 1.89. The van der Waals surface area contributed by atoms with E-state index in [0.29, 0.717) is 0 Å². The average Bonchev–Trinajstić information content (AvgIpc) is 2.17. The third-order valence-electron chi connectivity index (χ3n) is 0.910. The highest BCUT2D eigenvalue weighted by Gasteiger charge is 1.82. The Morgan fingerprint density at radius 2 is 1.17 bits per heavy atom. The van der Waals surface area contributed by atoms with Gasteiger partial charge in [-0.25, -0.2) is 9.97 Å². The van der Waals surface area contributed by atoms with Gasteiger partial charge in [0, 0.05) is 12.4 Å². The van der Waals surface area contributed by atoms with Crippen LogP contribution in [0, 0.1) is 13.8 Å². The monoisotopic (exact) mass is 168 g/mol. The molecule has 1 heterocycles. The molecule has 1 rings (SSSR count). The number of hydrogen-bond acceptors (Lipinski definition) is 2. The first kappa shape index (κ1) is 13.7. The molecule has 0 aliphatic carbocycles. The summed E-state index contributed by atoms with van der Waals surface area (Å²) in [4.78, 5) is 7.94. The van der Waals surface area contributed by atoms with Gasteiger partial charge >= 0.3 is 0 Å². The first-order chi connectivity index (χ1) is 5.79. The molecule has 2 nitrogen and oxygen atoms in total. The van der Waals surface area contributed by atoms with Gasteiger partial charge in [0.25, 0.3) is 0 Å². The second kappa shape index (κ2) is 10.1. The molecule has 12 heavy (non-hydrogen) atoms. The molecule has 0 N–H and O–H groups in total. The quantitative estimate of drug-likeness (QED) is 0.594. The van der Waals surface area contributed by atoms with E-state index in [1.165, 1.54) is 0 Å². The van der Waals surface area contributed by atoms with Crippen LogP contribution in [0.15, 0.2) is 12.4 Å². The van der Waals surface area contributed by atoms with Crippen LogP contribution in [0.2, 0.25) is 0 Å². The Bertz CT molecular complexity index is 147. The van der Waals surface area contributed by atoms with Crippen molar-refractivity contribution in [2.75, 3.05) is 0 Å². The van der Waals surface area contributed by atoms with Gasteiger partial charge in [-0.05, 0) is 19.4 Å². The van der Waals surface area contributed by atoms with Crippen molar-refractivity contribution >= 4 is 0 Å². The van der Waals surface area contributed by atoms with Crippen molar-refractivity contribution in [3.05, 3.63) is 23.8 Å². The second-order valence-corrected chi connectivity index (χ2v) is 1.81. The van der Waals surface area contributed by atoms with E-state index < -0.39 is 0 Å². The first-order valence-electron chi connectivity index (χ1n) is 4.54. The van der Waals surface area contributed by atoms with Crippen LogP contribution in [0.25, 0.3) is 0 Å². The van der Waals surface area contributed by atoms with Crippen molar-refractivity contribution in [3.8, 4) is 0 Å². The van der Waals surface area contributed by atoms with Gasteiger partial charge in [0.1, 0.15) is 5.82 Å². The van der Waals surface area contributed by atoms with E-state index >= 15 is 0 Å². The molecule has 1 aromatic heterocycles. The zero-order valence-corrected chi connectivity index (χ0v) is 9.05. The smallest absolute Gasteiger partial charge is 0.125 e. The fourth-order valence-electron chi connectivity index (χ4n) is 0.457. The number of rotatable bonds is 0. The number of aryl methyl sites for hydroxylation is 2. The second-order valence-electron chi connectivity index (χ2n) is 1.81. The van der Waals surface area contributed by atoms with E-state index in [4.69, 9.17) is 0 Å². The van der Waals surface area contributed by atoms with E-state index in [9.17, 15) is 0 Å². The van der Waals surface area contributed by atoms with E-state index in [1.54, 1.807) is 0 Å². The molecule has 0 atom stereocenters. The Hall–Kier alpha value is -0.920. The minimum atomic E-state index is 0.829. The van der Waals surface area contributed by atoms with Gasteiger partial charge in [-0.3, -0.25) is 0 Å². The first-order valence-corrected chi connectivity index (χ1v) is 4.54. The summed E-state index contributed by atoms with van der Waals surface area (Å²) in [6, 6.07) is 0. The Balaban J connectivity index is 0. The highest BCUT2D eigenvalue weighted by molar-refractivity contribution is 5.00. The maximum absolute atomic E-state index is 3.97. The van der Waals surface area contributed by atoms with Crippen molar-refractivity contribution < 1.29 is 0 Å². The van der Waals surface area contributed by atoms with Crippen LogP contribution in [0.3, 0.4) is 0 Å². The molecule has 1 aromatic rings. The maximum Gasteiger partial charge on any atom is 0.125 e. The van der Waals surface area contributed by atoms with E-state index in [1.807, 2.05) is 53.9 Å². The molecule has 0 unspecified atom stereocenters. The van der Waals surface area contributed by atoms with Crippen LogP contribution in [-0.4, -0.2) is 9.97 Å². The van der Waals surface area contributed by atoms with Crippen LogP contribution in [0.1, 0.15) is 39.1 Å². The minimum absolute atomic E-state index is 0.829. The summed E-state index contributed by atoms with van der Waals surface area (Å²) in [6.07, 6.45) is 3.62. The summed E-state index contributed by atoms with van der Waals surface area (Å²) in [6.45, 7) is 11.8. The molecule has 0 saturated heterocycles. The van der Waals surface area contributed by atoms with Gasteiger partial charge in [0.15, 0.2) is 0 Å². The maximum atomic E-state index is 3.97. The summed E-state index contributed by atoms with van der Waals surface area (Å²) < 4.78 is 0. The summed E-state index contributed by atoms with van der Waals surface area (Å²) in [5.74, 6) is 0.829. The average molecular weight is 168 g/mol. The van der Waals surface area contributed by atoms with Crippen LogP contribution < -0.4 is 0 Å². The highest BCUT2D eigenvalue weighted by atomic mass is 14.8. The van der Waals surface area contributed by atoms with Gasteiger partial charge in [-0.2, -0.15) is 0 Å². The number of hydrogen-bond donors (Lipinski definition) is 0. The zero-order chi connectivity index (χ0) is 9.98. The van der Waals surface area contributed by atoms with Crippen LogP contribution >= 0.6 is 0 Å². The topological polar surface area (TPSA) is 25.8 Å². The summed E-state index contributed by atoms with van der Waals surface area (Å²) in [5.41, 5.74) is 1.11. The molecule has 0 fully saturated rings. The molecule has 0 saturated carbocycles. The van der Waals surface area contributed by atoms with E-state index in [-0.39, 0.29) is 0 Å². The lowest BCUT2D eigenvalue weighted by Gasteiger charge is -1.88. The van der Waals surface area contributed by atoms with Gasteiger partial charge in [0.2, 0.25) is 0 Å². The predicted octanol–water partition coefficient (Wildman–Crippen LogP) is 3.15. The molecule has 70 valence electrons. The molecule has 0 radical (unpaired) electrons.